The van der Waals surface area contributed by atoms with Gasteiger partial charge in [-0.15, -0.1) is 0 Å². The number of aliphatic imine (C=N–C) groups is 1. The molecule has 0 saturated heterocycles. The second-order valence-electron chi connectivity index (χ2n) is 6.91. The van der Waals surface area contributed by atoms with Gasteiger partial charge in [-0.1, -0.05) is 19.3 Å². The molecule has 0 aliphatic rings. The normalized spacial score (nSPS) is 12.2. The van der Waals surface area contributed by atoms with Gasteiger partial charge in [-0.05, 0) is 53.9 Å². The first-order valence-electron chi connectivity index (χ1n) is 9.94. The van der Waals surface area contributed by atoms with E-state index < -0.39 is 0 Å². The third kappa shape index (κ3) is 17.8. The number of hydrogen-bond acceptors (Lipinski definition) is 4. The molecule has 6 heteroatoms. The summed E-state index contributed by atoms with van der Waals surface area (Å²) in [5, 5.41) is 6.75. The molecule has 0 aliphatic carbocycles. The third-order valence-electron chi connectivity index (χ3n) is 4.05. The van der Waals surface area contributed by atoms with E-state index in [2.05, 4.69) is 53.5 Å². The fourth-order valence-electron chi connectivity index (χ4n) is 2.56. The average Bonchev–Trinajstić information content (AvgIpc) is 2.57. The highest BCUT2D eigenvalue weighted by atomic mass is 16.5. The number of nitrogens with one attached hydrogen (secondary N) is 2. The van der Waals surface area contributed by atoms with E-state index in [1.807, 2.05) is 0 Å². The van der Waals surface area contributed by atoms with Gasteiger partial charge in [0.05, 0.1) is 0 Å². The molecule has 0 aliphatic heterocycles. The minimum Gasteiger partial charge on any atom is -0.385 e. The van der Waals surface area contributed by atoms with Crippen molar-refractivity contribution in [2.24, 2.45) is 4.99 Å². The molecule has 2 N–H and O–H groups in total. The van der Waals surface area contributed by atoms with Crippen LogP contribution in [-0.4, -0.2) is 89.9 Å². The summed E-state index contributed by atoms with van der Waals surface area (Å²) >= 11 is 0. The number of rotatable bonds is 16. The van der Waals surface area contributed by atoms with Crippen LogP contribution in [0.2, 0.25) is 0 Å². The summed E-state index contributed by atoms with van der Waals surface area (Å²) < 4.78 is 5.09. The van der Waals surface area contributed by atoms with Crippen molar-refractivity contribution < 1.29 is 4.74 Å². The highest BCUT2D eigenvalue weighted by Gasteiger charge is 2.00. The summed E-state index contributed by atoms with van der Waals surface area (Å²) in [6.45, 7) is 8.95. The van der Waals surface area contributed by atoms with Gasteiger partial charge in [0.15, 0.2) is 5.96 Å². The molecule has 0 spiro atoms. The molecule has 0 bridgehead atoms. The number of unbranched alkanes of at least 4 members (excludes halogenated alkanes) is 4. The van der Waals surface area contributed by atoms with E-state index in [0.717, 1.165) is 51.7 Å². The van der Waals surface area contributed by atoms with Gasteiger partial charge < -0.3 is 25.2 Å². The summed E-state index contributed by atoms with van der Waals surface area (Å²) in [4.78, 5) is 9.26. The van der Waals surface area contributed by atoms with Crippen LogP contribution >= 0.6 is 0 Å². The number of guanidine groups is 1. The topological polar surface area (TPSA) is 52.1 Å². The van der Waals surface area contributed by atoms with Crippen molar-refractivity contribution in [3.8, 4) is 0 Å². The van der Waals surface area contributed by atoms with Crippen molar-refractivity contribution in [2.75, 3.05) is 74.1 Å². The summed E-state index contributed by atoms with van der Waals surface area (Å²) in [6, 6.07) is 0. The van der Waals surface area contributed by atoms with Crippen LogP contribution < -0.4 is 10.6 Å². The molecule has 0 aromatic heterocycles. The van der Waals surface area contributed by atoms with Crippen LogP contribution in [0.3, 0.4) is 0 Å². The van der Waals surface area contributed by atoms with Crippen LogP contribution in [0.1, 0.15) is 45.4 Å². The van der Waals surface area contributed by atoms with Crippen molar-refractivity contribution in [2.45, 2.75) is 45.4 Å². The van der Waals surface area contributed by atoms with Gasteiger partial charge in [-0.25, -0.2) is 0 Å². The Bertz CT molecular complexity index is 310. The lowest BCUT2D eigenvalue weighted by Crippen LogP contribution is -2.41. The molecule has 0 amide bonds. The SMILES string of the molecule is CCNC(=NCCCCCCCN(C)C)NCCN(C)CCCOC. The number of nitrogens with zero attached hydrogens (tertiary/aromatic N) is 3. The van der Waals surface area contributed by atoms with Crippen molar-refractivity contribution in [1.82, 2.24) is 20.4 Å². The summed E-state index contributed by atoms with van der Waals surface area (Å²) in [7, 11) is 8.19. The van der Waals surface area contributed by atoms with E-state index >= 15 is 0 Å². The molecule has 0 rings (SSSR count). The first kappa shape index (κ1) is 24.1. The van der Waals surface area contributed by atoms with E-state index in [9.17, 15) is 0 Å². The minimum absolute atomic E-state index is 0.830. The second-order valence-corrected chi connectivity index (χ2v) is 6.91. The predicted molar refractivity (Wildman–Crippen MR) is 110 cm³/mol. The van der Waals surface area contributed by atoms with Crippen molar-refractivity contribution in [3.05, 3.63) is 0 Å². The maximum Gasteiger partial charge on any atom is 0.191 e. The van der Waals surface area contributed by atoms with Gasteiger partial charge in [0, 0.05) is 46.4 Å². The van der Waals surface area contributed by atoms with Gasteiger partial charge in [-0.3, -0.25) is 4.99 Å². The molecule has 25 heavy (non-hydrogen) atoms. The highest BCUT2D eigenvalue weighted by molar-refractivity contribution is 5.79. The Kier molecular flexibility index (Phi) is 17.3. The van der Waals surface area contributed by atoms with E-state index in [1.165, 1.54) is 38.6 Å². The molecular weight excluding hydrogens is 314 g/mol. The third-order valence-corrected chi connectivity index (χ3v) is 4.05. The summed E-state index contributed by atoms with van der Waals surface area (Å²) in [5.74, 6) is 0.945. The van der Waals surface area contributed by atoms with Gasteiger partial charge in [-0.2, -0.15) is 0 Å². The van der Waals surface area contributed by atoms with Gasteiger partial charge in [0.2, 0.25) is 0 Å². The molecule has 0 aromatic carbocycles. The molecular formula is C19H43N5O. The van der Waals surface area contributed by atoms with E-state index in [1.54, 1.807) is 7.11 Å². The standard InChI is InChI=1S/C19H43N5O/c1-6-20-19(22-14-17-24(4)16-12-18-25-5)21-13-10-8-7-9-11-15-23(2)3/h6-18H2,1-5H3,(H2,20,21,22). The fourth-order valence-corrected chi connectivity index (χ4v) is 2.56. The number of likely N-dealkylation sites (N-methyl/N-ethyl adjacent to an activating group) is 1. The molecule has 150 valence electrons. The lowest BCUT2D eigenvalue weighted by Gasteiger charge is -2.18. The zero-order valence-electron chi connectivity index (χ0n) is 17.4. The smallest absolute Gasteiger partial charge is 0.191 e. The Morgan fingerprint density at radius 1 is 0.880 bits per heavy atom. The first-order valence-corrected chi connectivity index (χ1v) is 9.94. The van der Waals surface area contributed by atoms with Crippen molar-refractivity contribution >= 4 is 5.96 Å². The zero-order valence-corrected chi connectivity index (χ0v) is 17.4. The van der Waals surface area contributed by atoms with Gasteiger partial charge >= 0.3 is 0 Å². The second kappa shape index (κ2) is 18.0. The largest absolute Gasteiger partial charge is 0.385 e. The van der Waals surface area contributed by atoms with E-state index in [-0.39, 0.29) is 0 Å². The van der Waals surface area contributed by atoms with Gasteiger partial charge in [0.25, 0.3) is 0 Å². The molecule has 0 atom stereocenters. The quantitative estimate of drug-likeness (QED) is 0.251. The van der Waals surface area contributed by atoms with Crippen LogP contribution in [-0.2, 0) is 4.74 Å². The first-order chi connectivity index (χ1) is 12.1. The zero-order chi connectivity index (χ0) is 18.8. The van der Waals surface area contributed by atoms with Crippen molar-refractivity contribution in [3.63, 3.8) is 0 Å². The van der Waals surface area contributed by atoms with Crippen LogP contribution in [0, 0.1) is 0 Å². The molecule has 0 saturated carbocycles. The maximum absolute atomic E-state index is 5.09. The summed E-state index contributed by atoms with van der Waals surface area (Å²) in [6.07, 6.45) is 7.48. The molecule has 0 heterocycles. The van der Waals surface area contributed by atoms with Crippen molar-refractivity contribution in [1.29, 1.82) is 0 Å². The Morgan fingerprint density at radius 2 is 1.60 bits per heavy atom. The minimum atomic E-state index is 0.830. The maximum atomic E-state index is 5.09. The molecule has 0 radical (unpaired) electrons. The molecule has 0 aromatic rings. The van der Waals surface area contributed by atoms with Crippen LogP contribution in [0.5, 0.6) is 0 Å². The Morgan fingerprint density at radius 3 is 2.28 bits per heavy atom. The van der Waals surface area contributed by atoms with E-state index in [0.29, 0.717) is 0 Å². The van der Waals surface area contributed by atoms with Gasteiger partial charge in [0.1, 0.15) is 0 Å². The molecule has 0 fully saturated rings. The predicted octanol–water partition coefficient (Wildman–Crippen LogP) is 2.02. The lowest BCUT2D eigenvalue weighted by molar-refractivity contribution is 0.180. The number of ether oxygens (including phenoxy) is 1. The average molecular weight is 358 g/mol. The monoisotopic (exact) mass is 357 g/mol. The molecule has 6 nitrogen and oxygen atoms in total. The Balaban J connectivity index is 3.75. The Labute approximate surface area is 156 Å². The van der Waals surface area contributed by atoms with Crippen LogP contribution in [0.4, 0.5) is 0 Å². The van der Waals surface area contributed by atoms with E-state index in [4.69, 9.17) is 4.74 Å². The summed E-state index contributed by atoms with van der Waals surface area (Å²) in [5.41, 5.74) is 0. The Hall–Kier alpha value is -0.850. The fraction of sp³-hybridized carbons (Fsp3) is 0.947. The lowest BCUT2D eigenvalue weighted by atomic mass is 10.1. The number of methoxy groups -OCH3 is 1. The number of hydrogen-bond donors (Lipinski definition) is 2. The van der Waals surface area contributed by atoms with Crippen LogP contribution in [0.15, 0.2) is 4.99 Å². The molecule has 0 unspecified atom stereocenters. The highest BCUT2D eigenvalue weighted by Crippen LogP contribution is 2.03. The van der Waals surface area contributed by atoms with Crippen LogP contribution in [0.25, 0.3) is 0 Å².